The van der Waals surface area contributed by atoms with Crippen LogP contribution in [0.2, 0.25) is 15.1 Å². The lowest BCUT2D eigenvalue weighted by Gasteiger charge is -2.05. The first-order valence-corrected chi connectivity index (χ1v) is 4.07. The van der Waals surface area contributed by atoms with Gasteiger partial charge in [-0.05, 0) is 12.5 Å². The van der Waals surface area contributed by atoms with Gasteiger partial charge in [0.15, 0.2) is 0 Å². The van der Waals surface area contributed by atoms with Gasteiger partial charge in [0.05, 0.1) is 15.1 Å². The molecule has 11 heavy (non-hydrogen) atoms. The Hall–Kier alpha value is 0.155. The summed E-state index contributed by atoms with van der Waals surface area (Å²) >= 11 is 17.2. The molecule has 0 saturated heterocycles. The quantitative estimate of drug-likeness (QED) is 0.451. The van der Waals surface area contributed by atoms with Gasteiger partial charge >= 0.3 is 0 Å². The van der Waals surface area contributed by atoms with E-state index in [0.717, 1.165) is 5.56 Å². The third-order valence-electron chi connectivity index (χ3n) is 1.36. The molecule has 0 unspecified atom stereocenters. The van der Waals surface area contributed by atoms with Gasteiger partial charge in [-0.15, -0.1) is 0 Å². The molecule has 0 amide bonds. The molecule has 0 heterocycles. The maximum absolute atomic E-state index is 5.78. The smallest absolute Gasteiger partial charge is 0.0833 e. The van der Waals surface area contributed by atoms with Gasteiger partial charge < -0.3 is 0 Å². The van der Waals surface area contributed by atoms with Gasteiger partial charge in [0.2, 0.25) is 0 Å². The Kier molecular flexibility index (Phi) is 2.74. The van der Waals surface area contributed by atoms with E-state index in [-0.39, 0.29) is 0 Å². The van der Waals surface area contributed by atoms with Crippen molar-refractivity contribution < 1.29 is 0 Å². The molecule has 4 heteroatoms. The topological polar surface area (TPSA) is 0 Å². The first-order valence-electron chi connectivity index (χ1n) is 2.93. The molecule has 0 atom stereocenters. The van der Waals surface area contributed by atoms with Crippen molar-refractivity contribution in [3.63, 3.8) is 0 Å². The maximum atomic E-state index is 5.78. The second-order valence-electron chi connectivity index (χ2n) is 2.22. The van der Waals surface area contributed by atoms with E-state index in [1.54, 1.807) is 6.07 Å². The minimum Gasteiger partial charge on any atom is -0.0833 e. The number of halogens is 3. The maximum Gasteiger partial charge on any atom is 0.115 e. The van der Waals surface area contributed by atoms with Gasteiger partial charge in [-0.3, -0.25) is 0 Å². The van der Waals surface area contributed by atoms with E-state index in [4.69, 9.17) is 42.6 Å². The molecule has 0 aliphatic rings. The van der Waals surface area contributed by atoms with E-state index in [0.29, 0.717) is 20.5 Å². The van der Waals surface area contributed by atoms with Crippen LogP contribution in [0.25, 0.3) is 0 Å². The molecule has 0 fully saturated rings. The Labute approximate surface area is 81.9 Å². The van der Waals surface area contributed by atoms with E-state index < -0.39 is 0 Å². The third kappa shape index (κ3) is 1.66. The molecule has 0 aromatic heterocycles. The zero-order valence-electron chi connectivity index (χ0n) is 5.79. The van der Waals surface area contributed by atoms with Gasteiger partial charge in [-0.2, -0.15) is 0 Å². The van der Waals surface area contributed by atoms with Crippen molar-refractivity contribution in [3.05, 3.63) is 26.7 Å². The number of rotatable bonds is 0. The minimum absolute atomic E-state index is 0.322. The van der Waals surface area contributed by atoms with Crippen LogP contribution < -0.4 is 5.46 Å². The highest BCUT2D eigenvalue weighted by atomic mass is 35.5. The van der Waals surface area contributed by atoms with Crippen LogP contribution in [0.4, 0.5) is 0 Å². The van der Waals surface area contributed by atoms with Gasteiger partial charge in [-0.25, -0.2) is 0 Å². The first kappa shape index (κ1) is 9.24. The number of aryl methyl sites for hydroxylation is 1. The number of benzene rings is 1. The van der Waals surface area contributed by atoms with Crippen molar-refractivity contribution >= 4 is 48.1 Å². The van der Waals surface area contributed by atoms with Crippen LogP contribution in [0.15, 0.2) is 6.07 Å². The Morgan fingerprint density at radius 2 is 1.64 bits per heavy atom. The van der Waals surface area contributed by atoms with Crippen molar-refractivity contribution in [2.45, 2.75) is 6.92 Å². The Morgan fingerprint density at radius 1 is 1.09 bits per heavy atom. The Morgan fingerprint density at radius 3 is 2.18 bits per heavy atom. The number of hydrogen-bond acceptors (Lipinski definition) is 0. The second kappa shape index (κ2) is 3.26. The van der Waals surface area contributed by atoms with Gasteiger partial charge in [0, 0.05) is 0 Å². The van der Waals surface area contributed by atoms with E-state index >= 15 is 0 Å². The average Bonchev–Trinajstić information content (AvgIpc) is 1.97. The van der Waals surface area contributed by atoms with Crippen molar-refractivity contribution in [2.75, 3.05) is 0 Å². The van der Waals surface area contributed by atoms with Crippen LogP contribution in [0.5, 0.6) is 0 Å². The second-order valence-corrected chi connectivity index (χ2v) is 3.36. The summed E-state index contributed by atoms with van der Waals surface area (Å²) in [6.45, 7) is 1.82. The zero-order chi connectivity index (χ0) is 8.59. The van der Waals surface area contributed by atoms with Crippen molar-refractivity contribution in [1.29, 1.82) is 0 Å². The summed E-state index contributed by atoms with van der Waals surface area (Å²) in [6, 6.07) is 1.69. The van der Waals surface area contributed by atoms with E-state index in [2.05, 4.69) is 0 Å². The van der Waals surface area contributed by atoms with E-state index in [1.807, 2.05) is 6.92 Å². The molecule has 0 spiro atoms. The molecule has 1 aromatic rings. The highest BCUT2D eigenvalue weighted by Crippen LogP contribution is 2.30. The molecule has 2 radical (unpaired) electrons. The van der Waals surface area contributed by atoms with E-state index in [9.17, 15) is 0 Å². The van der Waals surface area contributed by atoms with Gasteiger partial charge in [0.1, 0.15) is 7.85 Å². The SMILES string of the molecule is [B]c1cc(C)c(Cl)c(Cl)c1Cl. The molecule has 0 bridgehead atoms. The highest BCUT2D eigenvalue weighted by molar-refractivity contribution is 6.53. The lowest BCUT2D eigenvalue weighted by Crippen LogP contribution is -2.05. The standard InChI is InChI=1S/C7H4BCl3/c1-3-2-4(8)6(10)7(11)5(3)9/h2H,1H3. The molecule has 1 rings (SSSR count). The van der Waals surface area contributed by atoms with Gasteiger partial charge in [0.25, 0.3) is 0 Å². The molecular formula is C7H4BCl3. The van der Waals surface area contributed by atoms with Crippen LogP contribution in [-0.2, 0) is 0 Å². The zero-order valence-corrected chi connectivity index (χ0v) is 8.06. The third-order valence-corrected chi connectivity index (χ3v) is 2.82. The molecule has 0 aliphatic carbocycles. The first-order chi connectivity index (χ1) is 5.04. The van der Waals surface area contributed by atoms with Crippen molar-refractivity contribution in [3.8, 4) is 0 Å². The molecule has 56 valence electrons. The van der Waals surface area contributed by atoms with Crippen LogP contribution >= 0.6 is 34.8 Å². The monoisotopic (exact) mass is 204 g/mol. The van der Waals surface area contributed by atoms with Crippen LogP contribution in [0.3, 0.4) is 0 Å². The minimum atomic E-state index is 0.322. The summed E-state index contributed by atoms with van der Waals surface area (Å²) in [5, 5.41) is 1.11. The average molecular weight is 205 g/mol. The Bertz CT molecular complexity index is 270. The fourth-order valence-electron chi connectivity index (χ4n) is 0.756. The summed E-state index contributed by atoms with van der Waals surface area (Å²) in [5.41, 5.74) is 1.29. The molecule has 1 aromatic carbocycles. The highest BCUT2D eigenvalue weighted by Gasteiger charge is 2.07. The Balaban J connectivity index is 3.46. The summed E-state index contributed by atoms with van der Waals surface area (Å²) in [6.07, 6.45) is 0. The lowest BCUT2D eigenvalue weighted by atomic mass is 9.94. The summed E-state index contributed by atoms with van der Waals surface area (Å²) < 4.78 is 0. The lowest BCUT2D eigenvalue weighted by molar-refractivity contribution is 1.49. The molecular weight excluding hydrogens is 201 g/mol. The summed E-state index contributed by atoms with van der Waals surface area (Å²) in [7, 11) is 5.52. The van der Waals surface area contributed by atoms with Crippen molar-refractivity contribution in [1.82, 2.24) is 0 Å². The summed E-state index contributed by atoms with van der Waals surface area (Å²) in [5.74, 6) is 0. The number of hydrogen-bond donors (Lipinski definition) is 0. The fourth-order valence-corrected chi connectivity index (χ4v) is 1.36. The molecule has 0 saturated carbocycles. The van der Waals surface area contributed by atoms with Crippen LogP contribution in [0.1, 0.15) is 5.56 Å². The van der Waals surface area contributed by atoms with Crippen LogP contribution in [0, 0.1) is 6.92 Å². The molecule has 0 N–H and O–H groups in total. The van der Waals surface area contributed by atoms with Crippen molar-refractivity contribution in [2.24, 2.45) is 0 Å². The molecule has 0 aliphatic heterocycles. The normalized spacial score (nSPS) is 10.2. The largest absolute Gasteiger partial charge is 0.115 e. The fraction of sp³-hybridized carbons (Fsp3) is 0.143. The predicted octanol–water partition coefficient (Wildman–Crippen LogP) is 2.75. The van der Waals surface area contributed by atoms with E-state index in [1.165, 1.54) is 0 Å². The molecule has 0 nitrogen and oxygen atoms in total. The summed E-state index contributed by atoms with van der Waals surface area (Å²) in [4.78, 5) is 0. The van der Waals surface area contributed by atoms with Gasteiger partial charge in [-0.1, -0.05) is 46.3 Å². The predicted molar refractivity (Wildman–Crippen MR) is 51.6 cm³/mol. The van der Waals surface area contributed by atoms with Crippen LogP contribution in [-0.4, -0.2) is 7.85 Å².